The summed E-state index contributed by atoms with van der Waals surface area (Å²) in [5.74, 6) is -1.85. The molecule has 29 heavy (non-hydrogen) atoms. The van der Waals surface area contributed by atoms with Crippen molar-refractivity contribution < 1.29 is 13.6 Å². The Morgan fingerprint density at radius 1 is 1.31 bits per heavy atom. The average molecular weight is 420 g/mol. The van der Waals surface area contributed by atoms with Crippen LogP contribution in [0.4, 0.5) is 14.5 Å². The van der Waals surface area contributed by atoms with Crippen LogP contribution in [0, 0.1) is 23.0 Å². The number of carbonyl (C=O) groups excluding carboxylic acids is 1. The van der Waals surface area contributed by atoms with E-state index in [2.05, 4.69) is 5.32 Å². The molecule has 0 radical (unpaired) electrons. The van der Waals surface area contributed by atoms with Crippen LogP contribution >= 0.6 is 11.6 Å². The van der Waals surface area contributed by atoms with E-state index in [1.54, 1.807) is 18.2 Å². The molecule has 4 nitrogen and oxygen atoms in total. The molecule has 0 fully saturated rings. The van der Waals surface area contributed by atoms with E-state index in [1.165, 1.54) is 12.1 Å². The fraction of sp³-hybridized carbons (Fsp3) is 0.364. The summed E-state index contributed by atoms with van der Waals surface area (Å²) in [6, 6.07) is 10.8. The first-order chi connectivity index (χ1) is 13.9. The molecule has 7 heteroatoms. The van der Waals surface area contributed by atoms with Crippen molar-refractivity contribution in [2.24, 2.45) is 0 Å². The number of carbonyl (C=O) groups is 1. The van der Waals surface area contributed by atoms with Crippen LogP contribution in [0.15, 0.2) is 36.4 Å². The highest BCUT2D eigenvalue weighted by Crippen LogP contribution is 2.28. The van der Waals surface area contributed by atoms with Crippen LogP contribution in [0.1, 0.15) is 37.8 Å². The van der Waals surface area contributed by atoms with Crippen LogP contribution in [0.5, 0.6) is 0 Å². The third-order valence-electron chi connectivity index (χ3n) is 4.90. The zero-order valence-electron chi connectivity index (χ0n) is 16.5. The van der Waals surface area contributed by atoms with Crippen LogP contribution < -0.4 is 10.2 Å². The lowest BCUT2D eigenvalue weighted by Gasteiger charge is -2.34. The maximum Gasteiger partial charge on any atom is 0.163 e. The molecule has 0 heterocycles. The van der Waals surface area contributed by atoms with Crippen molar-refractivity contribution in [3.63, 3.8) is 0 Å². The van der Waals surface area contributed by atoms with Gasteiger partial charge in [0.25, 0.3) is 0 Å². The number of aldehydes is 1. The number of benzene rings is 2. The second-order valence-corrected chi connectivity index (χ2v) is 7.30. The summed E-state index contributed by atoms with van der Waals surface area (Å²) in [5, 5.41) is 12.7. The SMILES string of the molecule is CCC(C)NC[C@H](CC=O)N(Cc1cccc(F)c1F)c1ccc(C#N)c(Cl)c1. The Labute approximate surface area is 175 Å². The predicted molar refractivity (Wildman–Crippen MR) is 111 cm³/mol. The van der Waals surface area contributed by atoms with Gasteiger partial charge >= 0.3 is 0 Å². The van der Waals surface area contributed by atoms with Crippen molar-refractivity contribution in [3.8, 4) is 6.07 Å². The lowest BCUT2D eigenvalue weighted by Crippen LogP contribution is -2.44. The first-order valence-corrected chi connectivity index (χ1v) is 9.85. The van der Waals surface area contributed by atoms with Gasteiger partial charge < -0.3 is 15.0 Å². The number of nitrogens with zero attached hydrogens (tertiary/aromatic N) is 2. The summed E-state index contributed by atoms with van der Waals surface area (Å²) in [6.45, 7) is 4.61. The van der Waals surface area contributed by atoms with E-state index < -0.39 is 11.6 Å². The number of nitriles is 1. The van der Waals surface area contributed by atoms with Gasteiger partial charge in [0.15, 0.2) is 11.6 Å². The molecule has 0 bridgehead atoms. The number of rotatable bonds is 10. The Morgan fingerprint density at radius 3 is 2.69 bits per heavy atom. The zero-order valence-corrected chi connectivity index (χ0v) is 17.2. The van der Waals surface area contributed by atoms with Gasteiger partial charge in [-0.1, -0.05) is 30.7 Å². The molecule has 1 N–H and O–H groups in total. The van der Waals surface area contributed by atoms with Gasteiger partial charge in [-0.3, -0.25) is 0 Å². The van der Waals surface area contributed by atoms with Crippen molar-refractivity contribution in [1.29, 1.82) is 5.26 Å². The van der Waals surface area contributed by atoms with Crippen LogP contribution in [0.25, 0.3) is 0 Å². The highest BCUT2D eigenvalue weighted by atomic mass is 35.5. The molecule has 0 aliphatic rings. The molecule has 1 unspecified atom stereocenters. The topological polar surface area (TPSA) is 56.1 Å². The summed E-state index contributed by atoms with van der Waals surface area (Å²) < 4.78 is 28.1. The Balaban J connectivity index is 2.44. The summed E-state index contributed by atoms with van der Waals surface area (Å²) in [5.41, 5.74) is 1.11. The number of hydrogen-bond acceptors (Lipinski definition) is 4. The molecule has 0 amide bonds. The fourth-order valence-electron chi connectivity index (χ4n) is 2.97. The first kappa shape index (κ1) is 22.8. The number of nitrogens with one attached hydrogen (secondary N) is 1. The number of halogens is 3. The van der Waals surface area contributed by atoms with Gasteiger partial charge in [-0.05, 0) is 37.6 Å². The minimum absolute atomic E-state index is 0.0481. The average Bonchev–Trinajstić information content (AvgIpc) is 2.72. The summed E-state index contributed by atoms with van der Waals surface area (Å²) in [7, 11) is 0. The van der Waals surface area contributed by atoms with Crippen molar-refractivity contribution >= 4 is 23.6 Å². The molecule has 2 rings (SSSR count). The predicted octanol–water partition coefficient (Wildman–Crippen LogP) is 4.84. The number of anilines is 1. The van der Waals surface area contributed by atoms with Gasteiger partial charge in [-0.25, -0.2) is 8.78 Å². The Morgan fingerprint density at radius 2 is 2.07 bits per heavy atom. The van der Waals surface area contributed by atoms with Gasteiger partial charge in [-0.15, -0.1) is 0 Å². The largest absolute Gasteiger partial charge is 0.362 e. The maximum atomic E-state index is 14.3. The van der Waals surface area contributed by atoms with E-state index in [4.69, 9.17) is 16.9 Å². The van der Waals surface area contributed by atoms with E-state index in [-0.39, 0.29) is 35.6 Å². The fourth-order valence-corrected chi connectivity index (χ4v) is 3.19. The Hall–Kier alpha value is -2.49. The van der Waals surface area contributed by atoms with Crippen molar-refractivity contribution in [2.45, 2.75) is 45.3 Å². The van der Waals surface area contributed by atoms with Gasteiger partial charge in [0.2, 0.25) is 0 Å². The van der Waals surface area contributed by atoms with E-state index >= 15 is 0 Å². The van der Waals surface area contributed by atoms with Gasteiger partial charge in [0.1, 0.15) is 12.4 Å². The third-order valence-corrected chi connectivity index (χ3v) is 5.21. The van der Waals surface area contributed by atoms with E-state index in [9.17, 15) is 13.6 Å². The summed E-state index contributed by atoms with van der Waals surface area (Å²) in [4.78, 5) is 13.2. The molecule has 0 spiro atoms. The standard InChI is InChI=1S/C22H24ClF2N3O/c1-3-15(2)27-13-19(9-10-29)28(14-17-5-4-6-21(24)22(17)25)18-8-7-16(12-26)20(23)11-18/h4-8,10-11,15,19,27H,3,9,13-14H2,1-2H3/t15?,19-/m0/s1. The van der Waals surface area contributed by atoms with Crippen molar-refractivity contribution in [1.82, 2.24) is 5.32 Å². The van der Waals surface area contributed by atoms with Gasteiger partial charge in [-0.2, -0.15) is 5.26 Å². The molecule has 0 aromatic heterocycles. The van der Waals surface area contributed by atoms with Crippen LogP contribution in [0.3, 0.4) is 0 Å². The first-order valence-electron chi connectivity index (χ1n) is 9.47. The lowest BCUT2D eigenvalue weighted by atomic mass is 10.1. The molecule has 2 atom stereocenters. The smallest absolute Gasteiger partial charge is 0.163 e. The minimum atomic E-state index is -0.926. The summed E-state index contributed by atoms with van der Waals surface area (Å²) >= 11 is 6.20. The minimum Gasteiger partial charge on any atom is -0.362 e. The van der Waals surface area contributed by atoms with E-state index in [1.807, 2.05) is 24.8 Å². The molecule has 2 aromatic rings. The monoisotopic (exact) mass is 419 g/mol. The Kier molecular flexibility index (Phi) is 8.56. The maximum absolute atomic E-state index is 14.3. The highest BCUT2D eigenvalue weighted by molar-refractivity contribution is 6.32. The quantitative estimate of drug-likeness (QED) is 0.560. The second-order valence-electron chi connectivity index (χ2n) is 6.89. The normalized spacial score (nSPS) is 12.8. The highest BCUT2D eigenvalue weighted by Gasteiger charge is 2.22. The summed E-state index contributed by atoms with van der Waals surface area (Å²) in [6.07, 6.45) is 1.91. The third kappa shape index (κ3) is 5.99. The molecule has 0 aliphatic carbocycles. The van der Waals surface area contributed by atoms with Gasteiger partial charge in [0, 0.05) is 42.8 Å². The molecular weight excluding hydrogens is 396 g/mol. The van der Waals surface area contributed by atoms with E-state index in [0.717, 1.165) is 18.8 Å². The van der Waals surface area contributed by atoms with Crippen LogP contribution in [-0.4, -0.2) is 24.9 Å². The Bertz CT molecular complexity index is 885. The second kappa shape index (κ2) is 10.9. The van der Waals surface area contributed by atoms with Crippen molar-refractivity contribution in [3.05, 3.63) is 64.2 Å². The van der Waals surface area contributed by atoms with Crippen molar-refractivity contribution in [2.75, 3.05) is 11.4 Å². The molecule has 0 aliphatic heterocycles. The molecular formula is C22H24ClF2N3O. The van der Waals surface area contributed by atoms with Crippen LogP contribution in [0.2, 0.25) is 5.02 Å². The molecule has 154 valence electrons. The van der Waals surface area contributed by atoms with Crippen LogP contribution in [-0.2, 0) is 11.3 Å². The number of hydrogen-bond donors (Lipinski definition) is 1. The van der Waals surface area contributed by atoms with Gasteiger partial charge in [0.05, 0.1) is 10.6 Å². The zero-order chi connectivity index (χ0) is 21.4. The van der Waals surface area contributed by atoms with E-state index in [0.29, 0.717) is 17.8 Å². The molecule has 2 aromatic carbocycles. The lowest BCUT2D eigenvalue weighted by molar-refractivity contribution is -0.108. The molecule has 0 saturated carbocycles. The molecule has 0 saturated heterocycles.